The van der Waals surface area contributed by atoms with Crippen molar-refractivity contribution in [1.29, 1.82) is 0 Å². The molecular weight excluding hydrogens is 440 g/mol. The van der Waals surface area contributed by atoms with Gasteiger partial charge in [-0.1, -0.05) is 35.9 Å². The average Bonchev–Trinajstić information content (AvgIpc) is 3.36. The summed E-state index contributed by atoms with van der Waals surface area (Å²) in [5, 5.41) is 6.53. The van der Waals surface area contributed by atoms with Crippen LogP contribution < -0.4 is 0 Å². The summed E-state index contributed by atoms with van der Waals surface area (Å²) >= 11 is 7.52. The van der Waals surface area contributed by atoms with Crippen LogP contribution in [0.25, 0.3) is 15.9 Å². The Bertz CT molecular complexity index is 1270. The number of amides is 1. The fourth-order valence-electron chi connectivity index (χ4n) is 4.20. The van der Waals surface area contributed by atoms with E-state index < -0.39 is 0 Å². The summed E-state index contributed by atoms with van der Waals surface area (Å²) in [7, 11) is 0. The van der Waals surface area contributed by atoms with Gasteiger partial charge in [-0.05, 0) is 55.3 Å². The number of benzene rings is 2. The molecule has 2 aromatic heterocycles. The molecule has 32 heavy (non-hydrogen) atoms. The zero-order valence-electron chi connectivity index (χ0n) is 18.2. The first-order valence-corrected chi connectivity index (χ1v) is 12.0. The number of aryl methyl sites for hydroxylation is 2. The third kappa shape index (κ3) is 4.18. The van der Waals surface area contributed by atoms with Crippen molar-refractivity contribution < 1.29 is 4.79 Å². The van der Waals surface area contributed by atoms with Gasteiger partial charge in [0.2, 0.25) is 0 Å². The molecule has 5 rings (SSSR count). The highest BCUT2D eigenvalue weighted by Gasteiger charge is 2.25. The molecular formula is C25H25ClN4OS. The summed E-state index contributed by atoms with van der Waals surface area (Å²) in [6, 6.07) is 18.3. The minimum absolute atomic E-state index is 0.118. The standard InChI is InChI=1S/C25H25ClN4OS/c1-17-4-3-5-21(14-17)30-25-22(18(2)27-30)15-23(32-25)24(31)29-12-10-28(11-13-29)16-19-6-8-20(26)9-7-19/h3-9,14-15H,10-13,16H2,1-2H3. The lowest BCUT2D eigenvalue weighted by molar-refractivity contribution is 0.0633. The molecule has 0 radical (unpaired) electrons. The van der Waals surface area contributed by atoms with E-state index in [2.05, 4.69) is 42.2 Å². The van der Waals surface area contributed by atoms with Gasteiger partial charge in [0.05, 0.1) is 16.3 Å². The first-order chi connectivity index (χ1) is 15.5. The monoisotopic (exact) mass is 464 g/mol. The van der Waals surface area contributed by atoms with Gasteiger partial charge >= 0.3 is 0 Å². The zero-order valence-corrected chi connectivity index (χ0v) is 19.8. The minimum Gasteiger partial charge on any atom is -0.335 e. The first kappa shape index (κ1) is 21.2. The van der Waals surface area contributed by atoms with Crippen LogP contribution in [0.4, 0.5) is 0 Å². The molecule has 4 aromatic rings. The lowest BCUT2D eigenvalue weighted by Gasteiger charge is -2.34. The van der Waals surface area contributed by atoms with Crippen LogP contribution >= 0.6 is 22.9 Å². The van der Waals surface area contributed by atoms with Crippen LogP contribution in [0, 0.1) is 13.8 Å². The number of thiophene rings is 1. The second-order valence-electron chi connectivity index (χ2n) is 8.36. The van der Waals surface area contributed by atoms with Crippen LogP contribution in [-0.2, 0) is 6.54 Å². The fourth-order valence-corrected chi connectivity index (χ4v) is 5.48. The van der Waals surface area contributed by atoms with Gasteiger partial charge in [-0.2, -0.15) is 5.10 Å². The number of carbonyl (C=O) groups is 1. The minimum atomic E-state index is 0.118. The predicted octanol–water partition coefficient (Wildman–Crippen LogP) is 5.32. The number of carbonyl (C=O) groups excluding carboxylic acids is 1. The Kier molecular flexibility index (Phi) is 5.76. The van der Waals surface area contributed by atoms with Crippen molar-refractivity contribution in [2.75, 3.05) is 26.2 Å². The maximum Gasteiger partial charge on any atom is 0.264 e. The largest absolute Gasteiger partial charge is 0.335 e. The highest BCUT2D eigenvalue weighted by Crippen LogP contribution is 2.31. The topological polar surface area (TPSA) is 41.4 Å². The van der Waals surface area contributed by atoms with E-state index in [4.69, 9.17) is 16.7 Å². The van der Waals surface area contributed by atoms with Crippen molar-refractivity contribution in [2.24, 2.45) is 0 Å². The Morgan fingerprint density at radius 2 is 1.78 bits per heavy atom. The number of aromatic nitrogens is 2. The smallest absolute Gasteiger partial charge is 0.264 e. The molecule has 0 bridgehead atoms. The van der Waals surface area contributed by atoms with Gasteiger partial charge in [0.1, 0.15) is 4.83 Å². The molecule has 5 nitrogen and oxygen atoms in total. The van der Waals surface area contributed by atoms with Crippen molar-refractivity contribution >= 4 is 39.1 Å². The predicted molar refractivity (Wildman–Crippen MR) is 131 cm³/mol. The van der Waals surface area contributed by atoms with Gasteiger partial charge < -0.3 is 4.90 Å². The fraction of sp³-hybridized carbons (Fsp3) is 0.280. The molecule has 1 aliphatic rings. The summed E-state index contributed by atoms with van der Waals surface area (Å²) in [5.74, 6) is 0.118. The normalized spacial score (nSPS) is 14.9. The number of piperazine rings is 1. The SMILES string of the molecule is Cc1cccc(-n2nc(C)c3cc(C(=O)N4CCN(Cc5ccc(Cl)cc5)CC4)sc32)c1. The second kappa shape index (κ2) is 8.70. The van der Waals surface area contributed by atoms with E-state index in [0.717, 1.165) is 64.2 Å². The van der Waals surface area contributed by atoms with E-state index >= 15 is 0 Å². The van der Waals surface area contributed by atoms with E-state index in [1.807, 2.05) is 40.8 Å². The number of nitrogens with zero attached hydrogens (tertiary/aromatic N) is 4. The van der Waals surface area contributed by atoms with Gasteiger partial charge in [-0.3, -0.25) is 9.69 Å². The zero-order chi connectivity index (χ0) is 22.2. The number of hydrogen-bond donors (Lipinski definition) is 0. The Hall–Kier alpha value is -2.67. The molecule has 0 aliphatic carbocycles. The number of fused-ring (bicyclic) bond motifs is 1. The van der Waals surface area contributed by atoms with E-state index in [1.165, 1.54) is 22.5 Å². The first-order valence-electron chi connectivity index (χ1n) is 10.8. The second-order valence-corrected chi connectivity index (χ2v) is 9.83. The molecule has 1 aliphatic heterocycles. The van der Waals surface area contributed by atoms with Gasteiger partial charge in [-0.25, -0.2) is 4.68 Å². The summed E-state index contributed by atoms with van der Waals surface area (Å²) < 4.78 is 1.96. The Morgan fingerprint density at radius 3 is 2.50 bits per heavy atom. The van der Waals surface area contributed by atoms with Crippen LogP contribution in [0.3, 0.4) is 0 Å². The Balaban J connectivity index is 1.30. The van der Waals surface area contributed by atoms with E-state index in [1.54, 1.807) is 0 Å². The molecule has 0 N–H and O–H groups in total. The van der Waals surface area contributed by atoms with Crippen LogP contribution in [-0.4, -0.2) is 51.7 Å². The van der Waals surface area contributed by atoms with Crippen molar-refractivity contribution in [1.82, 2.24) is 19.6 Å². The molecule has 7 heteroatoms. The molecule has 1 fully saturated rings. The van der Waals surface area contributed by atoms with Gasteiger partial charge in [0.15, 0.2) is 0 Å². The molecule has 2 aromatic carbocycles. The van der Waals surface area contributed by atoms with Crippen LogP contribution in [0.1, 0.15) is 26.5 Å². The Morgan fingerprint density at radius 1 is 1.03 bits per heavy atom. The van der Waals surface area contributed by atoms with Gasteiger partial charge in [0, 0.05) is 43.1 Å². The summed E-state index contributed by atoms with van der Waals surface area (Å²) in [5.41, 5.74) is 4.41. The quantitative estimate of drug-likeness (QED) is 0.410. The highest BCUT2D eigenvalue weighted by atomic mass is 35.5. The van der Waals surface area contributed by atoms with Crippen molar-refractivity contribution in [3.63, 3.8) is 0 Å². The van der Waals surface area contributed by atoms with Crippen LogP contribution in [0.2, 0.25) is 5.02 Å². The lowest BCUT2D eigenvalue weighted by atomic mass is 10.2. The van der Waals surface area contributed by atoms with Crippen molar-refractivity contribution in [2.45, 2.75) is 20.4 Å². The number of hydrogen-bond acceptors (Lipinski definition) is 4. The van der Waals surface area contributed by atoms with Gasteiger partial charge in [-0.15, -0.1) is 11.3 Å². The number of rotatable bonds is 4. The summed E-state index contributed by atoms with van der Waals surface area (Å²) in [4.78, 5) is 19.4. The van der Waals surface area contributed by atoms with E-state index in [-0.39, 0.29) is 5.91 Å². The summed E-state index contributed by atoms with van der Waals surface area (Å²) in [6.45, 7) is 8.18. The van der Waals surface area contributed by atoms with Crippen LogP contribution in [0.5, 0.6) is 0 Å². The molecule has 0 spiro atoms. The summed E-state index contributed by atoms with van der Waals surface area (Å²) in [6.07, 6.45) is 0. The van der Waals surface area contributed by atoms with Crippen molar-refractivity contribution in [3.05, 3.63) is 81.3 Å². The van der Waals surface area contributed by atoms with E-state index in [9.17, 15) is 4.79 Å². The maximum atomic E-state index is 13.3. The third-order valence-corrected chi connectivity index (χ3v) is 7.33. The van der Waals surface area contributed by atoms with Crippen LogP contribution in [0.15, 0.2) is 54.6 Å². The van der Waals surface area contributed by atoms with Crippen molar-refractivity contribution in [3.8, 4) is 5.69 Å². The maximum absolute atomic E-state index is 13.3. The third-order valence-electron chi connectivity index (χ3n) is 5.98. The molecule has 164 valence electrons. The van der Waals surface area contributed by atoms with E-state index in [0.29, 0.717) is 0 Å². The molecule has 1 saturated heterocycles. The molecule has 0 saturated carbocycles. The molecule has 3 heterocycles. The molecule has 0 unspecified atom stereocenters. The average molecular weight is 465 g/mol. The Labute approximate surface area is 196 Å². The molecule has 1 amide bonds. The molecule has 0 atom stereocenters. The van der Waals surface area contributed by atoms with Gasteiger partial charge in [0.25, 0.3) is 5.91 Å². The number of halogens is 1. The lowest BCUT2D eigenvalue weighted by Crippen LogP contribution is -2.48. The highest BCUT2D eigenvalue weighted by molar-refractivity contribution is 7.20.